The monoisotopic (exact) mass is 374 g/mol. The summed E-state index contributed by atoms with van der Waals surface area (Å²) >= 11 is 1.35. The van der Waals surface area contributed by atoms with Gasteiger partial charge in [0.25, 0.3) is 0 Å². The quantitative estimate of drug-likeness (QED) is 0.538. The molecule has 0 amide bonds. The lowest BCUT2D eigenvalue weighted by atomic mass is 10.2. The maximum atomic E-state index is 11.7. The van der Waals surface area contributed by atoms with Crippen LogP contribution in [0.2, 0.25) is 0 Å². The van der Waals surface area contributed by atoms with Crippen LogP contribution in [0.5, 0.6) is 5.75 Å². The highest BCUT2D eigenvalue weighted by Crippen LogP contribution is 2.29. The molecule has 26 heavy (non-hydrogen) atoms. The standard InChI is InChI=1S/C20H26N2O3S/c1-14-6-4-11-22(14)12-5-13-25-17-9-7-16(8-10-17)19-21-15(2)18(26-19)20(23)24-3/h7-10,14H,4-6,11-13H2,1-3H3. The second kappa shape index (κ2) is 8.64. The van der Waals surface area contributed by atoms with Crippen LogP contribution in [0.25, 0.3) is 10.6 Å². The van der Waals surface area contributed by atoms with Gasteiger partial charge in [0.1, 0.15) is 15.6 Å². The Kier molecular flexibility index (Phi) is 6.27. The number of carbonyl (C=O) groups is 1. The van der Waals surface area contributed by atoms with Gasteiger partial charge in [-0.3, -0.25) is 0 Å². The van der Waals surface area contributed by atoms with Crippen molar-refractivity contribution in [2.24, 2.45) is 0 Å². The molecule has 1 saturated heterocycles. The van der Waals surface area contributed by atoms with Crippen LogP contribution in [0.1, 0.15) is 41.6 Å². The van der Waals surface area contributed by atoms with E-state index in [1.54, 1.807) is 0 Å². The number of nitrogens with zero attached hydrogens (tertiary/aromatic N) is 2. The topological polar surface area (TPSA) is 51.7 Å². The van der Waals surface area contributed by atoms with Crippen LogP contribution in [0.4, 0.5) is 0 Å². The minimum atomic E-state index is -0.335. The number of ether oxygens (including phenoxy) is 2. The summed E-state index contributed by atoms with van der Waals surface area (Å²) in [5.41, 5.74) is 1.68. The Morgan fingerprint density at radius 2 is 2.12 bits per heavy atom. The summed E-state index contributed by atoms with van der Waals surface area (Å²) in [5, 5.41) is 0.817. The lowest BCUT2D eigenvalue weighted by Crippen LogP contribution is -2.28. The van der Waals surface area contributed by atoms with Crippen molar-refractivity contribution in [3.63, 3.8) is 0 Å². The smallest absolute Gasteiger partial charge is 0.349 e. The molecule has 1 atom stereocenters. The molecule has 2 heterocycles. The van der Waals surface area contributed by atoms with E-state index >= 15 is 0 Å². The number of likely N-dealkylation sites (tertiary alicyclic amines) is 1. The van der Waals surface area contributed by atoms with Gasteiger partial charge >= 0.3 is 5.97 Å². The van der Waals surface area contributed by atoms with Gasteiger partial charge in [-0.2, -0.15) is 0 Å². The number of methoxy groups -OCH3 is 1. The number of aryl methyl sites for hydroxylation is 1. The van der Waals surface area contributed by atoms with E-state index in [1.165, 1.54) is 37.8 Å². The fourth-order valence-corrected chi connectivity index (χ4v) is 4.27. The summed E-state index contributed by atoms with van der Waals surface area (Å²) in [6.45, 7) is 7.18. The third-order valence-electron chi connectivity index (χ3n) is 4.82. The van der Waals surface area contributed by atoms with Crippen LogP contribution >= 0.6 is 11.3 Å². The summed E-state index contributed by atoms with van der Waals surface area (Å²) in [4.78, 5) is 19.3. The SMILES string of the molecule is COC(=O)c1sc(-c2ccc(OCCCN3CCCC3C)cc2)nc1C. The first kappa shape index (κ1) is 18.9. The number of benzene rings is 1. The molecule has 0 N–H and O–H groups in total. The van der Waals surface area contributed by atoms with E-state index < -0.39 is 0 Å². The van der Waals surface area contributed by atoms with Crippen LogP contribution in [0.15, 0.2) is 24.3 Å². The fourth-order valence-electron chi connectivity index (χ4n) is 3.28. The Bertz CT molecular complexity index is 742. The van der Waals surface area contributed by atoms with Gasteiger partial charge in [-0.05, 0) is 63.9 Å². The van der Waals surface area contributed by atoms with Gasteiger partial charge in [-0.15, -0.1) is 11.3 Å². The van der Waals surface area contributed by atoms with Gasteiger partial charge in [-0.25, -0.2) is 9.78 Å². The maximum Gasteiger partial charge on any atom is 0.349 e. The van der Waals surface area contributed by atoms with E-state index in [-0.39, 0.29) is 5.97 Å². The average molecular weight is 375 g/mol. The normalized spacial score (nSPS) is 17.4. The molecule has 0 saturated carbocycles. The van der Waals surface area contributed by atoms with E-state index in [4.69, 9.17) is 9.47 Å². The van der Waals surface area contributed by atoms with Crippen molar-refractivity contribution in [3.05, 3.63) is 34.8 Å². The second-order valence-corrected chi connectivity index (χ2v) is 7.68. The molecule has 5 nitrogen and oxygen atoms in total. The van der Waals surface area contributed by atoms with Gasteiger partial charge in [-0.1, -0.05) is 0 Å². The first-order valence-electron chi connectivity index (χ1n) is 9.11. The Morgan fingerprint density at radius 3 is 2.77 bits per heavy atom. The molecule has 1 aliphatic rings. The molecule has 1 aromatic heterocycles. The van der Waals surface area contributed by atoms with E-state index in [0.717, 1.165) is 35.9 Å². The van der Waals surface area contributed by atoms with Crippen LogP contribution < -0.4 is 4.74 Å². The highest BCUT2D eigenvalue weighted by Gasteiger charge is 2.19. The van der Waals surface area contributed by atoms with Crippen molar-refractivity contribution >= 4 is 17.3 Å². The molecule has 1 fully saturated rings. The minimum absolute atomic E-state index is 0.335. The number of aromatic nitrogens is 1. The number of hydrogen-bond donors (Lipinski definition) is 0. The van der Waals surface area contributed by atoms with Gasteiger partial charge in [0.05, 0.1) is 19.4 Å². The molecule has 2 aromatic rings. The summed E-state index contributed by atoms with van der Waals surface area (Å²) < 4.78 is 10.7. The molecule has 6 heteroatoms. The zero-order valence-corrected chi connectivity index (χ0v) is 16.5. The predicted octanol–water partition coefficient (Wildman–Crippen LogP) is 4.16. The lowest BCUT2D eigenvalue weighted by Gasteiger charge is -2.20. The summed E-state index contributed by atoms with van der Waals surface area (Å²) in [6.07, 6.45) is 3.67. The molecular weight excluding hydrogens is 348 g/mol. The largest absolute Gasteiger partial charge is 0.494 e. The molecule has 0 radical (unpaired) electrons. The Morgan fingerprint density at radius 1 is 1.35 bits per heavy atom. The van der Waals surface area contributed by atoms with Crippen LogP contribution in [-0.2, 0) is 4.74 Å². The summed E-state index contributed by atoms with van der Waals surface area (Å²) in [5.74, 6) is 0.531. The van der Waals surface area contributed by atoms with Gasteiger partial charge in [0.15, 0.2) is 0 Å². The maximum absolute atomic E-state index is 11.7. The van der Waals surface area contributed by atoms with Crippen molar-refractivity contribution < 1.29 is 14.3 Å². The molecule has 140 valence electrons. The average Bonchev–Trinajstić information content (AvgIpc) is 3.24. The number of rotatable bonds is 7. The number of esters is 1. The molecule has 0 aliphatic carbocycles. The number of thiazole rings is 1. The molecule has 3 rings (SSSR count). The molecular formula is C20H26N2O3S. The van der Waals surface area contributed by atoms with Crippen LogP contribution in [0, 0.1) is 6.92 Å². The second-order valence-electron chi connectivity index (χ2n) is 6.68. The number of hydrogen-bond acceptors (Lipinski definition) is 6. The fraction of sp³-hybridized carbons (Fsp3) is 0.500. The van der Waals surface area contributed by atoms with Crippen LogP contribution in [-0.4, -0.2) is 48.7 Å². The van der Waals surface area contributed by atoms with Crippen molar-refractivity contribution in [3.8, 4) is 16.3 Å². The van der Waals surface area contributed by atoms with Crippen molar-refractivity contribution in [1.82, 2.24) is 9.88 Å². The van der Waals surface area contributed by atoms with Gasteiger partial charge < -0.3 is 14.4 Å². The highest BCUT2D eigenvalue weighted by molar-refractivity contribution is 7.17. The summed E-state index contributed by atoms with van der Waals surface area (Å²) in [7, 11) is 1.39. The van der Waals surface area contributed by atoms with E-state index in [0.29, 0.717) is 16.6 Å². The molecule has 0 bridgehead atoms. The molecule has 1 unspecified atom stereocenters. The minimum Gasteiger partial charge on any atom is -0.494 e. The van der Waals surface area contributed by atoms with Gasteiger partial charge in [0.2, 0.25) is 0 Å². The van der Waals surface area contributed by atoms with Crippen LogP contribution in [0.3, 0.4) is 0 Å². The zero-order valence-electron chi connectivity index (χ0n) is 15.7. The predicted molar refractivity (Wildman–Crippen MR) is 104 cm³/mol. The van der Waals surface area contributed by atoms with E-state index in [1.807, 2.05) is 31.2 Å². The van der Waals surface area contributed by atoms with E-state index in [2.05, 4.69) is 16.8 Å². The first-order valence-corrected chi connectivity index (χ1v) is 9.93. The third kappa shape index (κ3) is 4.43. The van der Waals surface area contributed by atoms with Crippen molar-refractivity contribution in [2.45, 2.75) is 39.2 Å². The summed E-state index contributed by atoms with van der Waals surface area (Å²) in [6, 6.07) is 8.60. The lowest BCUT2D eigenvalue weighted by molar-refractivity contribution is 0.0605. The highest BCUT2D eigenvalue weighted by atomic mass is 32.1. The first-order chi connectivity index (χ1) is 12.6. The molecule has 1 aliphatic heterocycles. The number of carbonyl (C=O) groups excluding carboxylic acids is 1. The molecule has 0 spiro atoms. The Hall–Kier alpha value is -1.92. The Balaban J connectivity index is 1.53. The molecule has 1 aromatic carbocycles. The van der Waals surface area contributed by atoms with Gasteiger partial charge in [0, 0.05) is 18.2 Å². The van der Waals surface area contributed by atoms with Crippen molar-refractivity contribution in [2.75, 3.05) is 26.8 Å². The van der Waals surface area contributed by atoms with E-state index in [9.17, 15) is 4.79 Å². The van der Waals surface area contributed by atoms with Crippen molar-refractivity contribution in [1.29, 1.82) is 0 Å². The Labute approximate surface area is 159 Å². The zero-order chi connectivity index (χ0) is 18.5. The third-order valence-corrected chi connectivity index (χ3v) is 6.00.